The van der Waals surface area contributed by atoms with Gasteiger partial charge in [-0.2, -0.15) is 0 Å². The van der Waals surface area contributed by atoms with Crippen LogP contribution in [0.3, 0.4) is 0 Å². The fourth-order valence-electron chi connectivity index (χ4n) is 2.06. The number of nitrogens with zero attached hydrogens (tertiary/aromatic N) is 2. The van der Waals surface area contributed by atoms with Crippen molar-refractivity contribution in [2.75, 3.05) is 25.4 Å². The Morgan fingerprint density at radius 1 is 1.61 bits per heavy atom. The quantitative estimate of drug-likeness (QED) is 0.848. The highest BCUT2D eigenvalue weighted by molar-refractivity contribution is 5.65. The Labute approximate surface area is 105 Å². The molecule has 0 spiro atoms. The minimum atomic E-state index is -0.856. The van der Waals surface area contributed by atoms with Crippen LogP contribution in [-0.2, 0) is 0 Å². The number of anilines is 1. The van der Waals surface area contributed by atoms with Gasteiger partial charge in [-0.1, -0.05) is 0 Å². The van der Waals surface area contributed by atoms with Crippen LogP contribution in [0.5, 0.6) is 5.88 Å². The van der Waals surface area contributed by atoms with Crippen LogP contribution < -0.4 is 10.5 Å². The third kappa shape index (κ3) is 3.26. The van der Waals surface area contributed by atoms with Crippen LogP contribution in [0.2, 0.25) is 0 Å². The predicted octanol–water partition coefficient (Wildman–Crippen LogP) is 1.43. The first-order chi connectivity index (χ1) is 8.65. The number of carboxylic acid groups (broad SMARTS) is 1. The van der Waals surface area contributed by atoms with E-state index in [9.17, 15) is 4.79 Å². The minimum absolute atomic E-state index is 0.231. The lowest BCUT2D eigenvalue weighted by Crippen LogP contribution is -2.40. The van der Waals surface area contributed by atoms with Crippen molar-refractivity contribution in [3.05, 3.63) is 18.3 Å². The van der Waals surface area contributed by atoms with Gasteiger partial charge in [0.1, 0.15) is 0 Å². The highest BCUT2D eigenvalue weighted by atomic mass is 16.5. The van der Waals surface area contributed by atoms with Crippen molar-refractivity contribution in [3.8, 4) is 5.88 Å². The van der Waals surface area contributed by atoms with Gasteiger partial charge in [0.05, 0.1) is 18.5 Å². The van der Waals surface area contributed by atoms with Gasteiger partial charge in [-0.05, 0) is 18.9 Å². The molecule has 1 aromatic heterocycles. The average molecular weight is 251 g/mol. The molecular formula is C12H17N3O3. The zero-order chi connectivity index (χ0) is 13.0. The molecule has 98 valence electrons. The van der Waals surface area contributed by atoms with Crippen molar-refractivity contribution in [2.24, 2.45) is 5.92 Å². The Kier molecular flexibility index (Phi) is 3.86. The maximum absolute atomic E-state index is 10.9. The first-order valence-electron chi connectivity index (χ1n) is 5.97. The summed E-state index contributed by atoms with van der Waals surface area (Å²) < 4.78 is 5.54. The summed E-state index contributed by atoms with van der Waals surface area (Å²) in [6.45, 7) is 1.64. The number of pyridine rings is 1. The fourth-order valence-corrected chi connectivity index (χ4v) is 2.06. The van der Waals surface area contributed by atoms with E-state index in [2.05, 4.69) is 4.98 Å². The highest BCUT2D eigenvalue weighted by Crippen LogP contribution is 2.18. The molecule has 0 radical (unpaired) electrons. The summed E-state index contributed by atoms with van der Waals surface area (Å²) in [7, 11) is 0. The van der Waals surface area contributed by atoms with Crippen molar-refractivity contribution in [1.82, 2.24) is 9.88 Å². The number of rotatable bonds is 3. The molecular weight excluding hydrogens is 234 g/mol. The second-order valence-corrected chi connectivity index (χ2v) is 4.48. The summed E-state index contributed by atoms with van der Waals surface area (Å²) in [6.07, 6.45) is 2.55. The maximum atomic E-state index is 10.9. The third-order valence-corrected chi connectivity index (χ3v) is 3.02. The third-order valence-electron chi connectivity index (χ3n) is 3.02. The van der Waals surface area contributed by atoms with Gasteiger partial charge in [0.15, 0.2) is 0 Å². The second-order valence-electron chi connectivity index (χ2n) is 4.48. The highest BCUT2D eigenvalue weighted by Gasteiger charge is 2.23. The Balaban J connectivity index is 1.82. The van der Waals surface area contributed by atoms with E-state index >= 15 is 0 Å². The molecule has 18 heavy (non-hydrogen) atoms. The van der Waals surface area contributed by atoms with Crippen LogP contribution in [-0.4, -0.2) is 40.8 Å². The van der Waals surface area contributed by atoms with Gasteiger partial charge < -0.3 is 20.5 Å². The number of aromatic nitrogens is 1. The standard InChI is InChI=1S/C12H17N3O3/c13-10-3-4-11(14-6-10)18-8-9-2-1-5-15(7-9)12(16)17/h3-4,6,9H,1-2,5,7-8,13H2,(H,16,17)/t9-/m1/s1. The monoisotopic (exact) mass is 251 g/mol. The van der Waals surface area contributed by atoms with Crippen molar-refractivity contribution in [3.63, 3.8) is 0 Å². The summed E-state index contributed by atoms with van der Waals surface area (Å²) in [5, 5.41) is 8.93. The van der Waals surface area contributed by atoms with Gasteiger partial charge in [-0.25, -0.2) is 9.78 Å². The molecule has 0 saturated carbocycles. The molecule has 0 aromatic carbocycles. The molecule has 0 aliphatic carbocycles. The number of nitrogen functional groups attached to an aromatic ring is 1. The number of ether oxygens (including phenoxy) is 1. The smallest absolute Gasteiger partial charge is 0.407 e. The molecule has 1 saturated heterocycles. The van der Waals surface area contributed by atoms with Gasteiger partial charge in [0.2, 0.25) is 5.88 Å². The Hall–Kier alpha value is -1.98. The summed E-state index contributed by atoms with van der Waals surface area (Å²) in [4.78, 5) is 16.3. The van der Waals surface area contributed by atoms with Crippen molar-refractivity contribution in [1.29, 1.82) is 0 Å². The zero-order valence-electron chi connectivity index (χ0n) is 10.1. The van der Waals surface area contributed by atoms with E-state index in [1.165, 1.54) is 4.90 Å². The van der Waals surface area contributed by atoms with Gasteiger partial charge >= 0.3 is 6.09 Å². The van der Waals surface area contributed by atoms with Gasteiger partial charge in [-0.15, -0.1) is 0 Å². The lowest BCUT2D eigenvalue weighted by Gasteiger charge is -2.30. The van der Waals surface area contributed by atoms with E-state index in [4.69, 9.17) is 15.6 Å². The summed E-state index contributed by atoms with van der Waals surface area (Å²) >= 11 is 0. The summed E-state index contributed by atoms with van der Waals surface area (Å²) in [6, 6.07) is 3.44. The topological polar surface area (TPSA) is 88.7 Å². The number of carbonyl (C=O) groups is 1. The molecule has 2 rings (SSSR count). The molecule has 6 nitrogen and oxygen atoms in total. The van der Waals surface area contributed by atoms with Gasteiger partial charge in [0.25, 0.3) is 0 Å². The molecule has 6 heteroatoms. The van der Waals surface area contributed by atoms with E-state index in [1.807, 2.05) is 0 Å². The average Bonchev–Trinajstić information content (AvgIpc) is 2.38. The zero-order valence-corrected chi connectivity index (χ0v) is 10.1. The molecule has 1 aromatic rings. The number of likely N-dealkylation sites (tertiary alicyclic amines) is 1. The van der Waals surface area contributed by atoms with Crippen LogP contribution in [0, 0.1) is 5.92 Å². The normalized spacial score (nSPS) is 19.6. The largest absolute Gasteiger partial charge is 0.477 e. The lowest BCUT2D eigenvalue weighted by molar-refractivity contribution is 0.104. The molecule has 1 atom stereocenters. The molecule has 1 aliphatic heterocycles. The van der Waals surface area contributed by atoms with E-state index < -0.39 is 6.09 Å². The Bertz CT molecular complexity index is 408. The van der Waals surface area contributed by atoms with Crippen molar-refractivity contribution in [2.45, 2.75) is 12.8 Å². The molecule has 3 N–H and O–H groups in total. The van der Waals surface area contributed by atoms with Crippen LogP contribution in [0.4, 0.5) is 10.5 Å². The van der Waals surface area contributed by atoms with E-state index in [0.29, 0.717) is 31.3 Å². The molecule has 0 bridgehead atoms. The summed E-state index contributed by atoms with van der Waals surface area (Å²) in [5.41, 5.74) is 6.12. The van der Waals surface area contributed by atoms with Crippen LogP contribution >= 0.6 is 0 Å². The first kappa shape index (κ1) is 12.5. The molecule has 0 unspecified atom stereocenters. The van der Waals surface area contributed by atoms with Gasteiger partial charge in [0, 0.05) is 25.1 Å². The van der Waals surface area contributed by atoms with E-state index in [1.54, 1.807) is 18.3 Å². The Morgan fingerprint density at radius 2 is 2.44 bits per heavy atom. The number of hydrogen-bond donors (Lipinski definition) is 2. The fraction of sp³-hybridized carbons (Fsp3) is 0.500. The van der Waals surface area contributed by atoms with Crippen molar-refractivity contribution < 1.29 is 14.6 Å². The molecule has 2 heterocycles. The van der Waals surface area contributed by atoms with Crippen LogP contribution in [0.25, 0.3) is 0 Å². The van der Waals surface area contributed by atoms with Crippen molar-refractivity contribution >= 4 is 11.8 Å². The predicted molar refractivity (Wildman–Crippen MR) is 66.5 cm³/mol. The maximum Gasteiger partial charge on any atom is 0.407 e. The molecule has 1 aliphatic rings. The van der Waals surface area contributed by atoms with E-state index in [0.717, 1.165) is 12.8 Å². The number of amides is 1. The van der Waals surface area contributed by atoms with Gasteiger partial charge in [-0.3, -0.25) is 0 Å². The van der Waals surface area contributed by atoms with Crippen LogP contribution in [0.1, 0.15) is 12.8 Å². The number of piperidine rings is 1. The Morgan fingerprint density at radius 3 is 3.11 bits per heavy atom. The summed E-state index contributed by atoms with van der Waals surface area (Å²) in [5.74, 6) is 0.755. The lowest BCUT2D eigenvalue weighted by atomic mass is 9.99. The van der Waals surface area contributed by atoms with E-state index in [-0.39, 0.29) is 5.92 Å². The van der Waals surface area contributed by atoms with Crippen LogP contribution in [0.15, 0.2) is 18.3 Å². The molecule has 1 fully saturated rings. The minimum Gasteiger partial charge on any atom is -0.477 e. The SMILES string of the molecule is Nc1ccc(OC[C@@H]2CCCN(C(=O)O)C2)nc1. The first-order valence-corrected chi connectivity index (χ1v) is 5.97. The molecule has 1 amide bonds. The number of hydrogen-bond acceptors (Lipinski definition) is 4. The number of nitrogens with two attached hydrogens (primary N) is 1. The second kappa shape index (κ2) is 5.57.